The van der Waals surface area contributed by atoms with Crippen LogP contribution in [0.15, 0.2) is 35.8 Å². The summed E-state index contributed by atoms with van der Waals surface area (Å²) in [4.78, 5) is 19.1. The first kappa shape index (κ1) is 15.9. The maximum absolute atomic E-state index is 10.8. The number of nitrogens with zero attached hydrogens (tertiary/aromatic N) is 4. The predicted molar refractivity (Wildman–Crippen MR) is 88.8 cm³/mol. The smallest absolute Gasteiger partial charge is 0.269 e. The van der Waals surface area contributed by atoms with Gasteiger partial charge in [0.2, 0.25) is 0 Å². The Kier molecular flexibility index (Phi) is 4.85. The minimum absolute atomic E-state index is 0.00939. The van der Waals surface area contributed by atoms with E-state index in [1.807, 2.05) is 5.38 Å². The number of nitro groups is 1. The Labute approximate surface area is 137 Å². The van der Waals surface area contributed by atoms with Crippen LogP contribution in [0.1, 0.15) is 11.7 Å². The van der Waals surface area contributed by atoms with E-state index in [4.69, 9.17) is 0 Å². The van der Waals surface area contributed by atoms with Crippen LogP contribution in [0.3, 0.4) is 0 Å². The van der Waals surface area contributed by atoms with Crippen molar-refractivity contribution in [3.8, 4) is 0 Å². The molecule has 3 rings (SSSR count). The van der Waals surface area contributed by atoms with Gasteiger partial charge in [-0.25, -0.2) is 4.98 Å². The van der Waals surface area contributed by atoms with Crippen LogP contribution in [0.25, 0.3) is 0 Å². The molecule has 1 aromatic heterocycles. The van der Waals surface area contributed by atoms with Crippen molar-refractivity contribution in [1.82, 2.24) is 9.88 Å². The van der Waals surface area contributed by atoms with Gasteiger partial charge in [-0.05, 0) is 5.56 Å². The summed E-state index contributed by atoms with van der Waals surface area (Å²) in [5, 5.41) is 24.2. The number of rotatable bonds is 5. The lowest BCUT2D eigenvalue weighted by Crippen LogP contribution is -2.47. The summed E-state index contributed by atoms with van der Waals surface area (Å²) in [5.41, 5.74) is 0.594. The van der Waals surface area contributed by atoms with Crippen LogP contribution >= 0.6 is 11.3 Å². The highest BCUT2D eigenvalue weighted by Gasteiger charge is 2.21. The van der Waals surface area contributed by atoms with Gasteiger partial charge in [-0.3, -0.25) is 15.0 Å². The normalized spacial score (nSPS) is 17.2. The highest BCUT2D eigenvalue weighted by atomic mass is 32.1. The Morgan fingerprint density at radius 1 is 1.35 bits per heavy atom. The SMILES string of the molecule is O=[N+]([O-])c1cccc(C(O)CN2CCN(c3nccs3)CC2)c1. The van der Waals surface area contributed by atoms with Gasteiger partial charge in [0.05, 0.1) is 11.0 Å². The zero-order chi connectivity index (χ0) is 16.2. The van der Waals surface area contributed by atoms with Gasteiger partial charge >= 0.3 is 0 Å². The van der Waals surface area contributed by atoms with Gasteiger partial charge in [0.1, 0.15) is 0 Å². The van der Waals surface area contributed by atoms with Crippen LogP contribution in [-0.4, -0.2) is 52.6 Å². The second kappa shape index (κ2) is 7.03. The average molecular weight is 334 g/mol. The number of nitro benzene ring substituents is 1. The molecule has 23 heavy (non-hydrogen) atoms. The first-order valence-corrected chi connectivity index (χ1v) is 8.30. The van der Waals surface area contributed by atoms with Crippen LogP contribution in [0.2, 0.25) is 0 Å². The van der Waals surface area contributed by atoms with Crippen LogP contribution < -0.4 is 4.90 Å². The molecule has 1 aliphatic heterocycles. The number of aliphatic hydroxyl groups is 1. The Morgan fingerprint density at radius 2 is 2.13 bits per heavy atom. The van der Waals surface area contributed by atoms with Crippen molar-refractivity contribution in [2.24, 2.45) is 0 Å². The monoisotopic (exact) mass is 334 g/mol. The summed E-state index contributed by atoms with van der Waals surface area (Å²) in [7, 11) is 0. The second-order valence-corrected chi connectivity index (χ2v) is 6.34. The number of aliphatic hydroxyl groups excluding tert-OH is 1. The molecule has 1 fully saturated rings. The Bertz CT molecular complexity index is 657. The number of anilines is 1. The summed E-state index contributed by atoms with van der Waals surface area (Å²) >= 11 is 1.63. The van der Waals surface area contributed by atoms with Crippen LogP contribution in [0, 0.1) is 10.1 Å². The van der Waals surface area contributed by atoms with Gasteiger partial charge in [0.15, 0.2) is 5.13 Å². The third-order valence-corrected chi connectivity index (χ3v) is 4.79. The Morgan fingerprint density at radius 3 is 2.78 bits per heavy atom. The largest absolute Gasteiger partial charge is 0.387 e. The maximum atomic E-state index is 10.8. The number of β-amino-alcohol motifs (C(OH)–C–C–N with tert-alkyl or cyclic N) is 1. The fourth-order valence-corrected chi connectivity index (χ4v) is 3.39. The number of hydrogen-bond donors (Lipinski definition) is 1. The molecule has 1 saturated heterocycles. The lowest BCUT2D eigenvalue weighted by molar-refractivity contribution is -0.385. The van der Waals surface area contributed by atoms with Crippen molar-refractivity contribution in [3.05, 3.63) is 51.5 Å². The second-order valence-electron chi connectivity index (χ2n) is 5.47. The fourth-order valence-electron chi connectivity index (χ4n) is 2.69. The highest BCUT2D eigenvalue weighted by Crippen LogP contribution is 2.22. The van der Waals surface area contributed by atoms with E-state index in [-0.39, 0.29) is 5.69 Å². The van der Waals surface area contributed by atoms with Gasteiger partial charge in [-0.15, -0.1) is 11.3 Å². The van der Waals surface area contributed by atoms with Gasteiger partial charge in [-0.2, -0.15) is 0 Å². The molecule has 0 bridgehead atoms. The molecule has 8 heteroatoms. The summed E-state index contributed by atoms with van der Waals surface area (Å²) in [6.45, 7) is 3.90. The molecule has 2 heterocycles. The third-order valence-electron chi connectivity index (χ3n) is 3.96. The fraction of sp³-hybridized carbons (Fsp3) is 0.400. The van der Waals surface area contributed by atoms with E-state index in [1.54, 1.807) is 29.7 Å². The van der Waals surface area contributed by atoms with Crippen molar-refractivity contribution in [3.63, 3.8) is 0 Å². The minimum atomic E-state index is -0.721. The molecule has 1 aliphatic rings. The lowest BCUT2D eigenvalue weighted by atomic mass is 10.1. The van der Waals surface area contributed by atoms with Crippen LogP contribution in [-0.2, 0) is 0 Å². The van der Waals surface area contributed by atoms with Crippen molar-refractivity contribution < 1.29 is 10.0 Å². The Balaban J connectivity index is 1.56. The lowest BCUT2D eigenvalue weighted by Gasteiger charge is -2.35. The van der Waals surface area contributed by atoms with Crippen LogP contribution in [0.4, 0.5) is 10.8 Å². The topological polar surface area (TPSA) is 82.7 Å². The molecule has 1 N–H and O–H groups in total. The average Bonchev–Trinajstić information content (AvgIpc) is 3.10. The van der Waals surface area contributed by atoms with Crippen molar-refractivity contribution in [2.45, 2.75) is 6.10 Å². The first-order valence-electron chi connectivity index (χ1n) is 7.42. The number of benzene rings is 1. The van der Waals surface area contributed by atoms with E-state index in [9.17, 15) is 15.2 Å². The molecule has 1 unspecified atom stereocenters. The number of thiazole rings is 1. The molecule has 0 aliphatic carbocycles. The molecule has 0 saturated carbocycles. The minimum Gasteiger partial charge on any atom is -0.387 e. The van der Waals surface area contributed by atoms with Crippen LogP contribution in [0.5, 0.6) is 0 Å². The van der Waals surface area contributed by atoms with Gasteiger partial charge < -0.3 is 10.0 Å². The zero-order valence-corrected chi connectivity index (χ0v) is 13.4. The molecule has 2 aromatic rings. The van der Waals surface area contributed by atoms with Crippen molar-refractivity contribution in [1.29, 1.82) is 0 Å². The van der Waals surface area contributed by atoms with Gasteiger partial charge in [0.25, 0.3) is 5.69 Å². The molecule has 7 nitrogen and oxygen atoms in total. The van der Waals surface area contributed by atoms with Crippen molar-refractivity contribution in [2.75, 3.05) is 37.6 Å². The summed E-state index contributed by atoms with van der Waals surface area (Å²) < 4.78 is 0. The molecule has 0 radical (unpaired) electrons. The Hall–Kier alpha value is -2.03. The van der Waals surface area contributed by atoms with E-state index in [2.05, 4.69) is 14.8 Å². The number of hydrogen-bond acceptors (Lipinski definition) is 7. The maximum Gasteiger partial charge on any atom is 0.269 e. The van der Waals surface area contributed by atoms with Gasteiger partial charge in [-0.1, -0.05) is 12.1 Å². The van der Waals surface area contributed by atoms with E-state index in [0.717, 1.165) is 31.3 Å². The molecular weight excluding hydrogens is 316 g/mol. The summed E-state index contributed by atoms with van der Waals surface area (Å²) in [6.07, 6.45) is 1.08. The number of non-ortho nitro benzene ring substituents is 1. The van der Waals surface area contributed by atoms with Crippen molar-refractivity contribution >= 4 is 22.2 Å². The quantitative estimate of drug-likeness (QED) is 0.664. The first-order chi connectivity index (χ1) is 11.1. The summed E-state index contributed by atoms with van der Waals surface area (Å²) in [6, 6.07) is 6.21. The molecular formula is C15H18N4O3S. The van der Waals surface area contributed by atoms with E-state index >= 15 is 0 Å². The standard InChI is InChI=1S/C15H18N4O3S/c20-14(12-2-1-3-13(10-12)19(21)22)11-17-5-7-18(8-6-17)15-16-4-9-23-15/h1-4,9-10,14,20H,5-8,11H2. The zero-order valence-electron chi connectivity index (χ0n) is 12.5. The molecule has 1 atom stereocenters. The summed E-state index contributed by atoms with van der Waals surface area (Å²) in [5.74, 6) is 0. The van der Waals surface area contributed by atoms with E-state index < -0.39 is 11.0 Å². The molecule has 1 aromatic carbocycles. The molecule has 0 spiro atoms. The number of piperazine rings is 1. The van der Waals surface area contributed by atoms with Gasteiger partial charge in [0, 0.05) is 56.4 Å². The molecule has 0 amide bonds. The van der Waals surface area contributed by atoms with E-state index in [1.165, 1.54) is 12.1 Å². The number of aromatic nitrogens is 1. The highest BCUT2D eigenvalue weighted by molar-refractivity contribution is 7.13. The molecule has 122 valence electrons. The van der Waals surface area contributed by atoms with E-state index in [0.29, 0.717) is 12.1 Å². The third kappa shape index (κ3) is 3.84. The predicted octanol–water partition coefficient (Wildman–Crippen LogP) is 1.91.